The number of hydrogen-bond acceptors (Lipinski definition) is 3. The Morgan fingerprint density at radius 1 is 1.41 bits per heavy atom. The van der Waals surface area contributed by atoms with Crippen LogP contribution in [-0.4, -0.2) is 15.9 Å². The summed E-state index contributed by atoms with van der Waals surface area (Å²) in [5.41, 5.74) is 5.43. The van der Waals surface area contributed by atoms with Crippen molar-refractivity contribution in [1.82, 2.24) is 15.4 Å². The van der Waals surface area contributed by atoms with Gasteiger partial charge < -0.3 is 4.98 Å². The van der Waals surface area contributed by atoms with E-state index < -0.39 is 0 Å². The lowest BCUT2D eigenvalue weighted by Crippen LogP contribution is -2.29. The molecule has 17 heavy (non-hydrogen) atoms. The zero-order chi connectivity index (χ0) is 12.1. The molecule has 4 N–H and O–H groups in total. The predicted octanol–water partition coefficient (Wildman–Crippen LogP) is 1.27. The number of nitrogens with two attached hydrogens (primary N) is 1. The number of carbonyl (C=O) groups excluding carboxylic acids is 1. The molecular formula is C12H16N4O. The number of benzene rings is 1. The smallest absolute Gasteiger partial charge is 0.233 e. The Balaban J connectivity index is 1.84. The molecule has 2 rings (SSSR count). The number of aromatic nitrogens is 2. The number of hydrazine groups is 1. The highest BCUT2D eigenvalue weighted by Crippen LogP contribution is 2.13. The number of imidazole rings is 1. The van der Waals surface area contributed by atoms with E-state index in [4.69, 9.17) is 5.84 Å². The van der Waals surface area contributed by atoms with E-state index in [1.807, 2.05) is 6.07 Å². The van der Waals surface area contributed by atoms with Crippen LogP contribution in [0.4, 0.5) is 0 Å². The minimum atomic E-state index is -0.103. The van der Waals surface area contributed by atoms with Crippen molar-refractivity contribution in [2.75, 3.05) is 0 Å². The maximum Gasteiger partial charge on any atom is 0.233 e. The Morgan fingerprint density at radius 3 is 3.12 bits per heavy atom. The number of aromatic amines is 1. The van der Waals surface area contributed by atoms with Crippen LogP contribution < -0.4 is 11.3 Å². The molecular weight excluding hydrogens is 216 g/mol. The quantitative estimate of drug-likeness (QED) is 0.314. The number of aryl methyl sites for hydroxylation is 1. The summed E-state index contributed by atoms with van der Waals surface area (Å²) in [6.07, 6.45) is 4.98. The molecule has 5 heteroatoms. The number of nitrogens with zero attached hydrogens (tertiary/aromatic N) is 1. The second-order valence-corrected chi connectivity index (χ2v) is 4.03. The highest BCUT2D eigenvalue weighted by Gasteiger charge is 2.00. The zero-order valence-corrected chi connectivity index (χ0v) is 9.57. The lowest BCUT2D eigenvalue weighted by molar-refractivity contribution is -0.121. The van der Waals surface area contributed by atoms with Crippen LogP contribution in [0.3, 0.4) is 0 Å². The van der Waals surface area contributed by atoms with Crippen LogP contribution in [0.2, 0.25) is 0 Å². The molecule has 2 aromatic rings. The maximum absolute atomic E-state index is 10.9. The normalized spacial score (nSPS) is 10.6. The number of carbonyl (C=O) groups is 1. The predicted molar refractivity (Wildman–Crippen MR) is 66.0 cm³/mol. The second kappa shape index (κ2) is 5.45. The van der Waals surface area contributed by atoms with E-state index in [0.29, 0.717) is 6.42 Å². The summed E-state index contributed by atoms with van der Waals surface area (Å²) >= 11 is 0. The molecule has 0 aliphatic heterocycles. The van der Waals surface area contributed by atoms with E-state index in [1.54, 1.807) is 6.33 Å². The maximum atomic E-state index is 10.9. The van der Waals surface area contributed by atoms with Crippen LogP contribution in [0.15, 0.2) is 24.5 Å². The molecule has 0 aliphatic rings. The van der Waals surface area contributed by atoms with Crippen molar-refractivity contribution in [1.29, 1.82) is 0 Å². The molecule has 0 unspecified atom stereocenters. The van der Waals surface area contributed by atoms with Crippen molar-refractivity contribution in [2.45, 2.75) is 25.7 Å². The summed E-state index contributed by atoms with van der Waals surface area (Å²) in [6, 6.07) is 6.19. The molecule has 90 valence electrons. The molecule has 1 amide bonds. The fraction of sp³-hybridized carbons (Fsp3) is 0.333. The van der Waals surface area contributed by atoms with Gasteiger partial charge in [0.25, 0.3) is 0 Å². The number of hydrogen-bond donors (Lipinski definition) is 3. The van der Waals surface area contributed by atoms with Crippen LogP contribution >= 0.6 is 0 Å². The van der Waals surface area contributed by atoms with Gasteiger partial charge in [0.15, 0.2) is 0 Å². The summed E-state index contributed by atoms with van der Waals surface area (Å²) in [4.78, 5) is 18.2. The van der Waals surface area contributed by atoms with E-state index in [1.165, 1.54) is 5.56 Å². The third kappa shape index (κ3) is 3.04. The average Bonchev–Trinajstić information content (AvgIpc) is 2.81. The Bertz CT molecular complexity index is 506. The van der Waals surface area contributed by atoms with Gasteiger partial charge in [0, 0.05) is 6.42 Å². The average molecular weight is 232 g/mol. The summed E-state index contributed by atoms with van der Waals surface area (Å²) < 4.78 is 0. The van der Waals surface area contributed by atoms with Crippen LogP contribution in [0.5, 0.6) is 0 Å². The number of rotatable bonds is 5. The third-order valence-electron chi connectivity index (χ3n) is 2.76. The molecule has 0 aliphatic carbocycles. The Morgan fingerprint density at radius 2 is 2.29 bits per heavy atom. The fourth-order valence-electron chi connectivity index (χ4n) is 1.83. The van der Waals surface area contributed by atoms with E-state index in [9.17, 15) is 4.79 Å². The first-order chi connectivity index (χ1) is 8.29. The minimum absolute atomic E-state index is 0.103. The van der Waals surface area contributed by atoms with Crippen molar-refractivity contribution in [3.8, 4) is 0 Å². The topological polar surface area (TPSA) is 83.8 Å². The van der Waals surface area contributed by atoms with E-state index in [0.717, 1.165) is 30.3 Å². The van der Waals surface area contributed by atoms with Gasteiger partial charge in [-0.05, 0) is 37.0 Å². The van der Waals surface area contributed by atoms with Crippen molar-refractivity contribution in [3.63, 3.8) is 0 Å². The second-order valence-electron chi connectivity index (χ2n) is 4.03. The number of H-pyrrole nitrogens is 1. The van der Waals surface area contributed by atoms with Gasteiger partial charge in [0.05, 0.1) is 17.4 Å². The molecule has 0 saturated carbocycles. The monoisotopic (exact) mass is 232 g/mol. The number of unbranched alkanes of at least 4 members (excludes halogenated alkanes) is 1. The van der Waals surface area contributed by atoms with Gasteiger partial charge in [-0.3, -0.25) is 10.2 Å². The summed E-state index contributed by atoms with van der Waals surface area (Å²) in [7, 11) is 0. The number of fused-ring (bicyclic) bond motifs is 1. The summed E-state index contributed by atoms with van der Waals surface area (Å²) in [5, 5.41) is 0. The molecule has 1 aromatic carbocycles. The highest BCUT2D eigenvalue weighted by molar-refractivity contribution is 5.75. The molecule has 0 spiro atoms. The number of amides is 1. The first-order valence-electron chi connectivity index (χ1n) is 5.71. The number of nitrogens with one attached hydrogen (secondary N) is 2. The van der Waals surface area contributed by atoms with Crippen molar-refractivity contribution < 1.29 is 4.79 Å². The van der Waals surface area contributed by atoms with Crippen LogP contribution in [0, 0.1) is 0 Å². The lowest BCUT2D eigenvalue weighted by atomic mass is 10.1. The Kier molecular flexibility index (Phi) is 3.72. The Labute approximate surface area is 99.4 Å². The first kappa shape index (κ1) is 11.6. The van der Waals surface area contributed by atoms with Crippen molar-refractivity contribution in [3.05, 3.63) is 30.1 Å². The summed E-state index contributed by atoms with van der Waals surface area (Å²) in [5.74, 6) is 4.90. The standard InChI is InChI=1S/C12H16N4O/c13-16-12(17)4-2-1-3-9-5-6-10-11(7-9)15-8-14-10/h5-8H,1-4,13H2,(H,14,15)(H,16,17). The molecule has 0 saturated heterocycles. The summed E-state index contributed by atoms with van der Waals surface area (Å²) in [6.45, 7) is 0. The van der Waals surface area contributed by atoms with Gasteiger partial charge in [-0.1, -0.05) is 6.07 Å². The van der Waals surface area contributed by atoms with Crippen LogP contribution in [-0.2, 0) is 11.2 Å². The SMILES string of the molecule is NNC(=O)CCCCc1ccc2nc[nH]c2c1. The van der Waals surface area contributed by atoms with E-state index >= 15 is 0 Å². The van der Waals surface area contributed by atoms with Crippen LogP contribution in [0.25, 0.3) is 11.0 Å². The van der Waals surface area contributed by atoms with Gasteiger partial charge in [0.2, 0.25) is 5.91 Å². The Hall–Kier alpha value is -1.88. The van der Waals surface area contributed by atoms with Gasteiger partial charge in [-0.2, -0.15) is 0 Å². The molecule has 0 radical (unpaired) electrons. The van der Waals surface area contributed by atoms with E-state index in [2.05, 4.69) is 27.5 Å². The van der Waals surface area contributed by atoms with Gasteiger partial charge in [-0.15, -0.1) is 0 Å². The third-order valence-corrected chi connectivity index (χ3v) is 2.76. The van der Waals surface area contributed by atoms with Crippen molar-refractivity contribution in [2.24, 2.45) is 5.84 Å². The first-order valence-corrected chi connectivity index (χ1v) is 5.71. The molecule has 0 bridgehead atoms. The van der Waals surface area contributed by atoms with Gasteiger partial charge in [0.1, 0.15) is 0 Å². The minimum Gasteiger partial charge on any atom is -0.345 e. The largest absolute Gasteiger partial charge is 0.345 e. The molecule has 0 fully saturated rings. The molecule has 0 atom stereocenters. The molecule has 5 nitrogen and oxygen atoms in total. The molecule has 1 aromatic heterocycles. The van der Waals surface area contributed by atoms with Gasteiger partial charge >= 0.3 is 0 Å². The van der Waals surface area contributed by atoms with E-state index in [-0.39, 0.29) is 5.91 Å². The fourth-order valence-corrected chi connectivity index (χ4v) is 1.83. The van der Waals surface area contributed by atoms with Crippen LogP contribution in [0.1, 0.15) is 24.8 Å². The highest BCUT2D eigenvalue weighted by atomic mass is 16.2. The lowest BCUT2D eigenvalue weighted by Gasteiger charge is -2.01. The van der Waals surface area contributed by atoms with Gasteiger partial charge in [-0.25, -0.2) is 10.8 Å². The zero-order valence-electron chi connectivity index (χ0n) is 9.57. The van der Waals surface area contributed by atoms with Crippen molar-refractivity contribution >= 4 is 16.9 Å². The molecule has 1 heterocycles.